The summed E-state index contributed by atoms with van der Waals surface area (Å²) in [5, 5.41) is 9.11. The smallest absolute Gasteiger partial charge is 0.310 e. The molecule has 0 aliphatic carbocycles. The van der Waals surface area contributed by atoms with E-state index in [0.29, 0.717) is 18.0 Å². The molecule has 0 fully saturated rings. The molecule has 1 N–H and O–H groups in total. The second-order valence-corrected chi connectivity index (χ2v) is 4.11. The van der Waals surface area contributed by atoms with E-state index in [-0.39, 0.29) is 5.91 Å². The Bertz CT molecular complexity index is 489. The van der Waals surface area contributed by atoms with Gasteiger partial charge in [-0.25, -0.2) is 4.98 Å². The highest BCUT2D eigenvalue weighted by atomic mass is 16.5. The molecule has 2 atom stereocenters. The van der Waals surface area contributed by atoms with Crippen LogP contribution in [0.25, 0.3) is 0 Å². The van der Waals surface area contributed by atoms with Crippen LogP contribution in [0.5, 0.6) is 5.75 Å². The molecule has 1 aromatic heterocycles. The fourth-order valence-corrected chi connectivity index (χ4v) is 1.98. The van der Waals surface area contributed by atoms with Gasteiger partial charge in [-0.05, 0) is 18.6 Å². The monoisotopic (exact) mass is 250 g/mol. The number of aromatic nitrogens is 1. The predicted octanol–water partition coefficient (Wildman–Crippen LogP) is 0.916. The average molecular weight is 250 g/mol. The predicted molar refractivity (Wildman–Crippen MR) is 63.5 cm³/mol. The van der Waals surface area contributed by atoms with Gasteiger partial charge in [-0.1, -0.05) is 6.92 Å². The Morgan fingerprint density at radius 1 is 1.67 bits per heavy atom. The Hall–Kier alpha value is -2.11. The number of hydrogen-bond acceptors (Lipinski definition) is 4. The molecule has 1 aliphatic heterocycles. The first-order valence-electron chi connectivity index (χ1n) is 5.68. The second kappa shape index (κ2) is 4.64. The first kappa shape index (κ1) is 12.3. The number of pyridine rings is 1. The third-order valence-corrected chi connectivity index (χ3v) is 3.02. The van der Waals surface area contributed by atoms with E-state index in [4.69, 9.17) is 9.84 Å². The van der Waals surface area contributed by atoms with Crippen LogP contribution in [0.4, 0.5) is 5.82 Å². The number of ether oxygens (including phenoxy) is 1. The quantitative estimate of drug-likeness (QED) is 0.862. The molecule has 96 valence electrons. The van der Waals surface area contributed by atoms with Gasteiger partial charge >= 0.3 is 5.97 Å². The van der Waals surface area contributed by atoms with Crippen molar-refractivity contribution in [1.29, 1.82) is 0 Å². The van der Waals surface area contributed by atoms with Crippen molar-refractivity contribution >= 4 is 17.7 Å². The van der Waals surface area contributed by atoms with E-state index in [1.54, 1.807) is 32.3 Å². The zero-order valence-corrected chi connectivity index (χ0v) is 10.2. The number of hydrogen-bond donors (Lipinski definition) is 1. The molecule has 18 heavy (non-hydrogen) atoms. The number of carboxylic acids is 1. The Morgan fingerprint density at radius 2 is 2.39 bits per heavy atom. The number of aliphatic carboxylic acids is 1. The van der Waals surface area contributed by atoms with Crippen molar-refractivity contribution in [2.24, 2.45) is 5.92 Å². The van der Waals surface area contributed by atoms with Crippen LogP contribution < -0.4 is 9.64 Å². The standard InChI is InChI=1S/C12H14N2O4/c1-3-7(12(16)17)9-11(15)14(2)10-8(18-9)5-4-6-13-10/h4-7,9H,3H2,1-2H3,(H,16,17). The van der Waals surface area contributed by atoms with Gasteiger partial charge < -0.3 is 9.84 Å². The van der Waals surface area contributed by atoms with Crippen molar-refractivity contribution < 1.29 is 19.4 Å². The molecule has 0 radical (unpaired) electrons. The van der Waals surface area contributed by atoms with Gasteiger partial charge in [0.1, 0.15) is 5.92 Å². The maximum atomic E-state index is 12.1. The number of likely N-dealkylation sites (N-methyl/N-ethyl adjacent to an activating group) is 1. The van der Waals surface area contributed by atoms with Gasteiger partial charge in [0.05, 0.1) is 0 Å². The number of fused-ring (bicyclic) bond motifs is 1. The van der Waals surface area contributed by atoms with Crippen LogP contribution in [-0.4, -0.2) is 35.1 Å². The van der Waals surface area contributed by atoms with Crippen molar-refractivity contribution in [2.75, 3.05) is 11.9 Å². The van der Waals surface area contributed by atoms with E-state index in [1.165, 1.54) is 4.90 Å². The van der Waals surface area contributed by atoms with Crippen LogP contribution in [0.15, 0.2) is 18.3 Å². The van der Waals surface area contributed by atoms with Crippen molar-refractivity contribution in [1.82, 2.24) is 4.98 Å². The normalized spacial score (nSPS) is 20.0. The Labute approximate surface area is 104 Å². The maximum absolute atomic E-state index is 12.1. The van der Waals surface area contributed by atoms with Gasteiger partial charge in [0.2, 0.25) is 0 Å². The van der Waals surface area contributed by atoms with E-state index < -0.39 is 18.0 Å². The van der Waals surface area contributed by atoms with Gasteiger partial charge in [-0.2, -0.15) is 0 Å². The minimum atomic E-state index is -1.03. The number of carboxylic acid groups (broad SMARTS) is 1. The second-order valence-electron chi connectivity index (χ2n) is 4.11. The highest BCUT2D eigenvalue weighted by Crippen LogP contribution is 2.33. The van der Waals surface area contributed by atoms with E-state index in [2.05, 4.69) is 4.98 Å². The lowest BCUT2D eigenvalue weighted by Gasteiger charge is -2.33. The summed E-state index contributed by atoms with van der Waals surface area (Å²) in [5.74, 6) is -1.41. The molecule has 0 bridgehead atoms. The largest absolute Gasteiger partial charge is 0.481 e. The minimum Gasteiger partial charge on any atom is -0.481 e. The molecular weight excluding hydrogens is 236 g/mol. The number of anilines is 1. The fourth-order valence-electron chi connectivity index (χ4n) is 1.98. The maximum Gasteiger partial charge on any atom is 0.310 e. The molecule has 1 aliphatic rings. The van der Waals surface area contributed by atoms with Crippen LogP contribution in [0, 0.1) is 5.92 Å². The van der Waals surface area contributed by atoms with E-state index in [9.17, 15) is 9.59 Å². The fraction of sp³-hybridized carbons (Fsp3) is 0.417. The molecule has 2 unspecified atom stereocenters. The summed E-state index contributed by atoms with van der Waals surface area (Å²) in [7, 11) is 1.57. The number of carbonyl (C=O) groups is 2. The van der Waals surface area contributed by atoms with Crippen molar-refractivity contribution in [3.8, 4) is 5.75 Å². The molecular formula is C12H14N2O4. The lowest BCUT2D eigenvalue weighted by molar-refractivity contribution is -0.149. The molecule has 6 nitrogen and oxygen atoms in total. The lowest BCUT2D eigenvalue weighted by Crippen LogP contribution is -2.49. The summed E-state index contributed by atoms with van der Waals surface area (Å²) in [6.45, 7) is 1.72. The third-order valence-electron chi connectivity index (χ3n) is 3.02. The van der Waals surface area contributed by atoms with Crippen molar-refractivity contribution in [2.45, 2.75) is 19.4 Å². The molecule has 1 amide bonds. The topological polar surface area (TPSA) is 79.7 Å². The van der Waals surface area contributed by atoms with Crippen molar-refractivity contribution in [3.05, 3.63) is 18.3 Å². The average Bonchev–Trinajstić information content (AvgIpc) is 2.36. The van der Waals surface area contributed by atoms with Gasteiger partial charge in [0.25, 0.3) is 5.91 Å². The zero-order chi connectivity index (χ0) is 13.3. The summed E-state index contributed by atoms with van der Waals surface area (Å²) < 4.78 is 5.49. The van der Waals surface area contributed by atoms with Gasteiger partial charge in [-0.15, -0.1) is 0 Å². The lowest BCUT2D eigenvalue weighted by atomic mass is 9.97. The summed E-state index contributed by atoms with van der Waals surface area (Å²) in [6, 6.07) is 3.36. The summed E-state index contributed by atoms with van der Waals surface area (Å²) in [5.41, 5.74) is 0. The molecule has 6 heteroatoms. The molecule has 0 saturated carbocycles. The Morgan fingerprint density at radius 3 is 3.00 bits per heavy atom. The SMILES string of the molecule is CCC(C(=O)O)C1Oc2cccnc2N(C)C1=O. The highest BCUT2D eigenvalue weighted by molar-refractivity contribution is 6.00. The Kier molecular flexibility index (Phi) is 3.18. The van der Waals surface area contributed by atoms with Crippen LogP contribution in [0.3, 0.4) is 0 Å². The highest BCUT2D eigenvalue weighted by Gasteiger charge is 2.41. The number of carbonyl (C=O) groups excluding carboxylic acids is 1. The van der Waals surface area contributed by atoms with Gasteiger partial charge in [-0.3, -0.25) is 14.5 Å². The van der Waals surface area contributed by atoms with Crippen LogP contribution in [0.1, 0.15) is 13.3 Å². The molecule has 0 spiro atoms. The molecule has 0 saturated heterocycles. The van der Waals surface area contributed by atoms with Crippen LogP contribution in [0.2, 0.25) is 0 Å². The summed E-state index contributed by atoms with van der Waals surface area (Å²) in [4.78, 5) is 28.6. The molecule has 2 rings (SSSR count). The van der Waals surface area contributed by atoms with Crippen LogP contribution >= 0.6 is 0 Å². The van der Waals surface area contributed by atoms with E-state index >= 15 is 0 Å². The van der Waals surface area contributed by atoms with Crippen LogP contribution in [-0.2, 0) is 9.59 Å². The van der Waals surface area contributed by atoms with Gasteiger partial charge in [0.15, 0.2) is 17.7 Å². The number of nitrogens with zero attached hydrogens (tertiary/aromatic N) is 2. The molecule has 0 aromatic carbocycles. The molecule has 1 aromatic rings. The molecule has 2 heterocycles. The number of amides is 1. The van der Waals surface area contributed by atoms with Crippen molar-refractivity contribution in [3.63, 3.8) is 0 Å². The van der Waals surface area contributed by atoms with E-state index in [0.717, 1.165) is 0 Å². The summed E-state index contributed by atoms with van der Waals surface area (Å²) >= 11 is 0. The number of rotatable bonds is 3. The first-order chi connectivity index (χ1) is 8.56. The minimum absolute atomic E-state index is 0.329. The third kappa shape index (κ3) is 1.90. The zero-order valence-electron chi connectivity index (χ0n) is 10.2. The summed E-state index contributed by atoms with van der Waals surface area (Å²) in [6.07, 6.45) is 0.893. The first-order valence-corrected chi connectivity index (χ1v) is 5.68. The van der Waals surface area contributed by atoms with Gasteiger partial charge in [0, 0.05) is 13.2 Å². The Balaban J connectivity index is 2.37. The van der Waals surface area contributed by atoms with E-state index in [1.807, 2.05) is 0 Å².